The van der Waals surface area contributed by atoms with Crippen molar-refractivity contribution < 1.29 is 4.74 Å². The van der Waals surface area contributed by atoms with Gasteiger partial charge in [-0.3, -0.25) is 4.57 Å². The van der Waals surface area contributed by atoms with Crippen molar-refractivity contribution in [2.24, 2.45) is 5.73 Å². The lowest BCUT2D eigenvalue weighted by molar-refractivity contribution is 0.139. The van der Waals surface area contributed by atoms with Gasteiger partial charge in [0.25, 0.3) is 0 Å². The highest BCUT2D eigenvalue weighted by Crippen LogP contribution is 2.36. The van der Waals surface area contributed by atoms with E-state index >= 15 is 0 Å². The van der Waals surface area contributed by atoms with Crippen LogP contribution < -0.4 is 10.5 Å². The Balaban J connectivity index is 1.38. The molecule has 29 heavy (non-hydrogen) atoms. The predicted octanol–water partition coefficient (Wildman–Crippen LogP) is 3.85. The minimum absolute atomic E-state index is 0.0213. The molecule has 1 aliphatic carbocycles. The molecule has 150 valence electrons. The molecule has 2 aromatic heterocycles. The van der Waals surface area contributed by atoms with E-state index in [1.807, 2.05) is 30.3 Å². The van der Waals surface area contributed by atoms with Crippen molar-refractivity contribution >= 4 is 11.6 Å². The molecule has 3 aromatic rings. The standard InChI is InChI=1S/C22H24ClN5O/c23-16-6-9-19-15(11-16)12-17(24)13-20-26-27-22(28(19)20)14-4-7-18(8-5-14)29-21-3-1-2-10-25-21/h1-3,6,9-11,14,17-18H,4-5,7-8,12-13,24H2/t14-,17?,18-. The van der Waals surface area contributed by atoms with E-state index < -0.39 is 0 Å². The third-order valence-electron chi connectivity index (χ3n) is 5.93. The molecule has 0 saturated heterocycles. The summed E-state index contributed by atoms with van der Waals surface area (Å²) in [5.74, 6) is 3.04. The molecule has 2 aliphatic rings. The normalized spacial score (nSPS) is 23.7. The van der Waals surface area contributed by atoms with Gasteiger partial charge in [-0.25, -0.2) is 4.98 Å². The zero-order valence-corrected chi connectivity index (χ0v) is 16.9. The zero-order chi connectivity index (χ0) is 19.8. The van der Waals surface area contributed by atoms with Crippen LogP contribution in [-0.4, -0.2) is 31.9 Å². The SMILES string of the molecule is NC1Cc2cc(Cl)ccc2-n2c(nnc2[C@H]2CC[C@H](Oc3ccccn3)CC2)C1. The lowest BCUT2D eigenvalue weighted by Gasteiger charge is -2.28. The smallest absolute Gasteiger partial charge is 0.213 e. The number of benzene rings is 1. The Kier molecular flexibility index (Phi) is 4.97. The van der Waals surface area contributed by atoms with E-state index in [4.69, 9.17) is 22.1 Å². The molecule has 5 rings (SSSR count). The van der Waals surface area contributed by atoms with Crippen LogP contribution >= 0.6 is 11.6 Å². The van der Waals surface area contributed by atoms with E-state index in [1.165, 1.54) is 0 Å². The Morgan fingerprint density at radius 1 is 1.03 bits per heavy atom. The van der Waals surface area contributed by atoms with Crippen LogP contribution in [0.15, 0.2) is 42.6 Å². The molecule has 1 fully saturated rings. The van der Waals surface area contributed by atoms with Crippen LogP contribution in [0.3, 0.4) is 0 Å². The van der Waals surface area contributed by atoms with Crippen molar-refractivity contribution in [1.82, 2.24) is 19.7 Å². The van der Waals surface area contributed by atoms with Gasteiger partial charge in [0.05, 0.1) is 5.69 Å². The topological polar surface area (TPSA) is 78.9 Å². The maximum absolute atomic E-state index is 6.35. The van der Waals surface area contributed by atoms with Crippen molar-refractivity contribution in [3.63, 3.8) is 0 Å². The highest BCUT2D eigenvalue weighted by Gasteiger charge is 2.31. The molecule has 1 saturated carbocycles. The Bertz CT molecular complexity index is 998. The summed E-state index contributed by atoms with van der Waals surface area (Å²) in [7, 11) is 0. The second-order valence-electron chi connectivity index (χ2n) is 8.01. The number of rotatable bonds is 3. The second kappa shape index (κ2) is 7.76. The van der Waals surface area contributed by atoms with E-state index in [9.17, 15) is 0 Å². The monoisotopic (exact) mass is 409 g/mol. The molecule has 1 aliphatic heterocycles. The van der Waals surface area contributed by atoms with Crippen molar-refractivity contribution in [1.29, 1.82) is 0 Å². The summed E-state index contributed by atoms with van der Waals surface area (Å²) >= 11 is 6.25. The van der Waals surface area contributed by atoms with Crippen LogP contribution in [0, 0.1) is 0 Å². The van der Waals surface area contributed by atoms with Crippen molar-refractivity contribution in [3.05, 3.63) is 64.8 Å². The molecule has 1 atom stereocenters. The summed E-state index contributed by atoms with van der Waals surface area (Å²) in [6.45, 7) is 0. The third-order valence-corrected chi connectivity index (χ3v) is 6.16. The number of fused-ring (bicyclic) bond motifs is 3. The Morgan fingerprint density at radius 2 is 1.90 bits per heavy atom. The number of nitrogens with two attached hydrogens (primary N) is 1. The lowest BCUT2D eigenvalue weighted by Crippen LogP contribution is -2.25. The molecule has 0 radical (unpaired) electrons. The van der Waals surface area contributed by atoms with E-state index in [1.54, 1.807) is 6.20 Å². The first kappa shape index (κ1) is 18.6. The molecule has 0 spiro atoms. The molecule has 3 heterocycles. The van der Waals surface area contributed by atoms with Crippen LogP contribution in [0.2, 0.25) is 5.02 Å². The van der Waals surface area contributed by atoms with Gasteiger partial charge in [0, 0.05) is 35.7 Å². The molecule has 0 amide bonds. The highest BCUT2D eigenvalue weighted by atomic mass is 35.5. The maximum atomic E-state index is 6.35. The fourth-order valence-electron chi connectivity index (χ4n) is 4.54. The summed E-state index contributed by atoms with van der Waals surface area (Å²) in [6, 6.07) is 11.8. The van der Waals surface area contributed by atoms with Gasteiger partial charge >= 0.3 is 0 Å². The lowest BCUT2D eigenvalue weighted by atomic mass is 9.86. The highest BCUT2D eigenvalue weighted by molar-refractivity contribution is 6.30. The van der Waals surface area contributed by atoms with Crippen molar-refractivity contribution in [2.75, 3.05) is 0 Å². The average Bonchev–Trinajstić information content (AvgIpc) is 3.06. The fourth-order valence-corrected chi connectivity index (χ4v) is 4.74. The number of hydrogen-bond donors (Lipinski definition) is 1. The first-order valence-corrected chi connectivity index (χ1v) is 10.6. The molecule has 2 N–H and O–H groups in total. The minimum atomic E-state index is 0.0213. The van der Waals surface area contributed by atoms with Crippen LogP contribution in [0.25, 0.3) is 5.69 Å². The summed E-state index contributed by atoms with van der Waals surface area (Å²) in [6.07, 6.45) is 7.48. The number of ether oxygens (including phenoxy) is 1. The molecular formula is C22H24ClN5O. The fraction of sp³-hybridized carbons (Fsp3) is 0.409. The van der Waals surface area contributed by atoms with Gasteiger partial charge in [-0.2, -0.15) is 0 Å². The van der Waals surface area contributed by atoms with E-state index in [0.29, 0.717) is 11.8 Å². The van der Waals surface area contributed by atoms with Crippen molar-refractivity contribution in [2.45, 2.75) is 56.6 Å². The van der Waals surface area contributed by atoms with Crippen LogP contribution in [0.1, 0.15) is 48.8 Å². The Labute approximate surface area is 175 Å². The van der Waals surface area contributed by atoms with Crippen LogP contribution in [0.5, 0.6) is 5.88 Å². The maximum Gasteiger partial charge on any atom is 0.213 e. The van der Waals surface area contributed by atoms with E-state index in [0.717, 1.165) is 66.4 Å². The number of halogens is 1. The quantitative estimate of drug-likeness (QED) is 0.710. The van der Waals surface area contributed by atoms with Gasteiger partial charge < -0.3 is 10.5 Å². The largest absolute Gasteiger partial charge is 0.474 e. The Hall–Kier alpha value is -2.44. The number of nitrogens with zero attached hydrogens (tertiary/aromatic N) is 4. The molecular weight excluding hydrogens is 386 g/mol. The van der Waals surface area contributed by atoms with Crippen LogP contribution in [0.4, 0.5) is 0 Å². The van der Waals surface area contributed by atoms with Gasteiger partial charge in [-0.05, 0) is 61.9 Å². The number of hydrogen-bond acceptors (Lipinski definition) is 5. The first-order chi connectivity index (χ1) is 14.2. The first-order valence-electron chi connectivity index (χ1n) is 10.2. The summed E-state index contributed by atoms with van der Waals surface area (Å²) in [5, 5.41) is 9.85. The predicted molar refractivity (Wildman–Crippen MR) is 112 cm³/mol. The van der Waals surface area contributed by atoms with Gasteiger partial charge in [-0.1, -0.05) is 17.7 Å². The van der Waals surface area contributed by atoms with Gasteiger partial charge in [0.15, 0.2) is 0 Å². The van der Waals surface area contributed by atoms with Gasteiger partial charge in [0.2, 0.25) is 5.88 Å². The molecule has 1 unspecified atom stereocenters. The Morgan fingerprint density at radius 3 is 2.69 bits per heavy atom. The van der Waals surface area contributed by atoms with Crippen molar-refractivity contribution in [3.8, 4) is 11.6 Å². The second-order valence-corrected chi connectivity index (χ2v) is 8.45. The van der Waals surface area contributed by atoms with E-state index in [-0.39, 0.29) is 12.1 Å². The molecule has 1 aromatic carbocycles. The molecule has 0 bridgehead atoms. The zero-order valence-electron chi connectivity index (χ0n) is 16.2. The summed E-state index contributed by atoms with van der Waals surface area (Å²) in [5.41, 5.74) is 8.63. The third kappa shape index (κ3) is 3.74. The van der Waals surface area contributed by atoms with Crippen LogP contribution in [-0.2, 0) is 12.8 Å². The molecule has 6 nitrogen and oxygen atoms in total. The molecule has 7 heteroatoms. The number of aromatic nitrogens is 4. The van der Waals surface area contributed by atoms with E-state index in [2.05, 4.69) is 25.8 Å². The number of pyridine rings is 1. The van der Waals surface area contributed by atoms with Gasteiger partial charge in [0.1, 0.15) is 17.8 Å². The summed E-state index contributed by atoms with van der Waals surface area (Å²) in [4.78, 5) is 4.28. The minimum Gasteiger partial charge on any atom is -0.474 e. The summed E-state index contributed by atoms with van der Waals surface area (Å²) < 4.78 is 8.28. The average molecular weight is 410 g/mol. The van der Waals surface area contributed by atoms with Gasteiger partial charge in [-0.15, -0.1) is 10.2 Å².